The van der Waals surface area contributed by atoms with Crippen molar-refractivity contribution >= 4 is 11.8 Å². The minimum Gasteiger partial charge on any atom is -0.369 e. The van der Waals surface area contributed by atoms with Crippen LogP contribution in [0.3, 0.4) is 0 Å². The fourth-order valence-corrected chi connectivity index (χ4v) is 5.19. The van der Waals surface area contributed by atoms with Gasteiger partial charge in [-0.2, -0.15) is 0 Å². The Balaban J connectivity index is 1.30. The van der Waals surface area contributed by atoms with Gasteiger partial charge in [-0.15, -0.1) is 0 Å². The van der Waals surface area contributed by atoms with Crippen molar-refractivity contribution in [3.63, 3.8) is 0 Å². The summed E-state index contributed by atoms with van der Waals surface area (Å²) >= 11 is 0. The molecule has 3 saturated carbocycles. The molecule has 1 spiro atoms. The Labute approximate surface area is 152 Å². The van der Waals surface area contributed by atoms with Crippen LogP contribution in [0.1, 0.15) is 42.6 Å². The molecule has 1 unspecified atom stereocenters. The molecule has 1 atom stereocenters. The van der Waals surface area contributed by atoms with Gasteiger partial charge in [0.15, 0.2) is 0 Å². The van der Waals surface area contributed by atoms with Gasteiger partial charge in [0.05, 0.1) is 25.1 Å². The molecule has 0 N–H and O–H groups in total. The fourth-order valence-electron chi connectivity index (χ4n) is 5.19. The molecule has 2 bridgehead atoms. The lowest BCUT2D eigenvalue weighted by Crippen LogP contribution is -2.66. The molecule has 138 valence electrons. The number of carbonyl (C=O) groups is 2. The molecular weight excluding hydrogens is 332 g/mol. The molecule has 26 heavy (non-hydrogen) atoms. The summed E-state index contributed by atoms with van der Waals surface area (Å²) in [5, 5.41) is 0. The van der Waals surface area contributed by atoms with Crippen molar-refractivity contribution < 1.29 is 14.3 Å². The highest BCUT2D eigenvalue weighted by Crippen LogP contribution is 2.65. The number of ether oxygens (including phenoxy) is 1. The van der Waals surface area contributed by atoms with Gasteiger partial charge >= 0.3 is 0 Å². The Bertz CT molecular complexity index is 719. The minimum atomic E-state index is -0.432. The first-order valence-corrected chi connectivity index (χ1v) is 9.58. The van der Waals surface area contributed by atoms with Gasteiger partial charge in [-0.1, -0.05) is 0 Å². The van der Waals surface area contributed by atoms with Gasteiger partial charge in [-0.3, -0.25) is 9.59 Å². The van der Waals surface area contributed by atoms with Crippen LogP contribution in [-0.2, 0) is 9.53 Å². The summed E-state index contributed by atoms with van der Waals surface area (Å²) in [6.45, 7) is 3.01. The van der Waals surface area contributed by atoms with Crippen molar-refractivity contribution in [2.75, 3.05) is 32.8 Å². The van der Waals surface area contributed by atoms with Crippen molar-refractivity contribution in [3.05, 3.63) is 24.3 Å². The van der Waals surface area contributed by atoms with Crippen molar-refractivity contribution in [3.8, 4) is 0 Å². The molecule has 7 heteroatoms. The quantitative estimate of drug-likeness (QED) is 0.793. The smallest absolute Gasteiger partial charge is 0.272 e. The van der Waals surface area contributed by atoms with Gasteiger partial charge in [0.25, 0.3) is 5.91 Å². The number of hydrogen-bond donors (Lipinski definition) is 0. The molecule has 1 aromatic heterocycles. The second-order valence-corrected chi connectivity index (χ2v) is 8.44. The zero-order valence-corrected chi connectivity index (χ0v) is 14.9. The van der Waals surface area contributed by atoms with Crippen LogP contribution >= 0.6 is 0 Å². The summed E-state index contributed by atoms with van der Waals surface area (Å²) in [6.07, 6.45) is 8.04. The van der Waals surface area contributed by atoms with E-state index in [-0.39, 0.29) is 11.3 Å². The number of carbonyl (C=O) groups excluding carboxylic acids is 2. The molecule has 3 heterocycles. The first-order valence-electron chi connectivity index (χ1n) is 9.58. The van der Waals surface area contributed by atoms with Crippen molar-refractivity contribution in [1.29, 1.82) is 0 Å². The Morgan fingerprint density at radius 2 is 1.96 bits per heavy atom. The Morgan fingerprint density at radius 1 is 1.15 bits per heavy atom. The summed E-state index contributed by atoms with van der Waals surface area (Å²) in [4.78, 5) is 37.5. The summed E-state index contributed by atoms with van der Waals surface area (Å²) in [5.74, 6) is 1.03. The number of amides is 2. The highest BCUT2D eigenvalue weighted by atomic mass is 16.5. The standard InChI is InChI=1S/C19H24N4O3/c24-16(15-2-4-20-13-21-15)22-6-7-26-19(11-22)3-1-5-23(12-19)17(25)18-8-14(9-18)10-18/h2,4,13-14H,1,3,5-12H2. The third kappa shape index (κ3) is 2.44. The van der Waals surface area contributed by atoms with E-state index in [0.717, 1.165) is 44.6 Å². The summed E-state index contributed by atoms with van der Waals surface area (Å²) < 4.78 is 6.16. The van der Waals surface area contributed by atoms with Gasteiger partial charge < -0.3 is 14.5 Å². The van der Waals surface area contributed by atoms with E-state index >= 15 is 0 Å². The number of morpholine rings is 1. The summed E-state index contributed by atoms with van der Waals surface area (Å²) in [7, 11) is 0. The molecule has 6 rings (SSSR count). The van der Waals surface area contributed by atoms with E-state index in [1.165, 1.54) is 6.33 Å². The third-order valence-corrected chi connectivity index (χ3v) is 6.66. The number of rotatable bonds is 2. The molecule has 2 aliphatic heterocycles. The maximum absolute atomic E-state index is 13.0. The molecule has 2 amide bonds. The van der Waals surface area contributed by atoms with Crippen molar-refractivity contribution in [2.45, 2.75) is 37.7 Å². The molecule has 5 fully saturated rings. The third-order valence-electron chi connectivity index (χ3n) is 6.66. The maximum Gasteiger partial charge on any atom is 0.272 e. The molecule has 7 nitrogen and oxygen atoms in total. The first-order chi connectivity index (χ1) is 12.6. The molecule has 2 saturated heterocycles. The largest absolute Gasteiger partial charge is 0.369 e. The average Bonchev–Trinajstić information content (AvgIpc) is 2.59. The molecule has 0 aromatic carbocycles. The van der Waals surface area contributed by atoms with Gasteiger partial charge in [-0.25, -0.2) is 9.97 Å². The Morgan fingerprint density at radius 3 is 2.65 bits per heavy atom. The maximum atomic E-state index is 13.0. The summed E-state index contributed by atoms with van der Waals surface area (Å²) in [5.41, 5.74) is -0.0677. The van der Waals surface area contributed by atoms with Crippen molar-refractivity contribution in [1.82, 2.24) is 19.8 Å². The summed E-state index contributed by atoms with van der Waals surface area (Å²) in [6, 6.07) is 1.64. The van der Waals surface area contributed by atoms with Crippen LogP contribution in [0.5, 0.6) is 0 Å². The predicted molar refractivity (Wildman–Crippen MR) is 92.2 cm³/mol. The van der Waals surface area contributed by atoms with E-state index in [9.17, 15) is 9.59 Å². The van der Waals surface area contributed by atoms with E-state index < -0.39 is 5.60 Å². The zero-order chi connectivity index (χ0) is 17.8. The van der Waals surface area contributed by atoms with Crippen LogP contribution < -0.4 is 0 Å². The van der Waals surface area contributed by atoms with Gasteiger partial charge in [-0.05, 0) is 44.1 Å². The molecule has 5 aliphatic rings. The van der Waals surface area contributed by atoms with Crippen LogP contribution in [-0.4, -0.2) is 70.0 Å². The van der Waals surface area contributed by atoms with Crippen LogP contribution in [0.15, 0.2) is 18.6 Å². The normalized spacial score (nSPS) is 35.6. The highest BCUT2D eigenvalue weighted by Gasteiger charge is 2.63. The number of piperidine rings is 1. The van der Waals surface area contributed by atoms with Gasteiger partial charge in [0.1, 0.15) is 17.6 Å². The monoisotopic (exact) mass is 356 g/mol. The minimum absolute atomic E-state index is 0.0473. The molecule has 0 radical (unpaired) electrons. The van der Waals surface area contributed by atoms with Crippen LogP contribution in [0.25, 0.3) is 0 Å². The molecule has 3 aliphatic carbocycles. The van der Waals surface area contributed by atoms with Gasteiger partial charge in [0.2, 0.25) is 5.91 Å². The number of aromatic nitrogens is 2. The van der Waals surface area contributed by atoms with Gasteiger partial charge in [0, 0.05) is 19.3 Å². The zero-order valence-electron chi connectivity index (χ0n) is 14.9. The average molecular weight is 356 g/mol. The Hall–Kier alpha value is -2.02. The van der Waals surface area contributed by atoms with E-state index in [0.29, 0.717) is 37.8 Å². The lowest BCUT2D eigenvalue weighted by molar-refractivity contribution is -0.188. The lowest BCUT2D eigenvalue weighted by Gasteiger charge is -2.62. The number of hydrogen-bond acceptors (Lipinski definition) is 5. The number of nitrogens with zero attached hydrogens (tertiary/aromatic N) is 4. The topological polar surface area (TPSA) is 75.6 Å². The van der Waals surface area contributed by atoms with E-state index in [2.05, 4.69) is 9.97 Å². The second-order valence-electron chi connectivity index (χ2n) is 8.44. The second kappa shape index (κ2) is 5.74. The lowest BCUT2D eigenvalue weighted by atomic mass is 9.44. The highest BCUT2D eigenvalue weighted by molar-refractivity contribution is 5.92. The first kappa shape index (κ1) is 16.2. The molecular formula is C19H24N4O3. The Kier molecular flexibility index (Phi) is 3.57. The predicted octanol–water partition coefficient (Wildman–Crippen LogP) is 1.11. The van der Waals surface area contributed by atoms with Crippen LogP contribution in [0, 0.1) is 11.3 Å². The van der Waals surface area contributed by atoms with E-state index in [1.54, 1.807) is 12.3 Å². The van der Waals surface area contributed by atoms with E-state index in [4.69, 9.17) is 4.74 Å². The SMILES string of the molecule is O=C(c1ccncn1)N1CCOC2(CCCN(C(=O)C34CC(C3)C4)C2)C1. The number of likely N-dealkylation sites (tertiary alicyclic amines) is 1. The molecule has 1 aromatic rings. The van der Waals surface area contributed by atoms with E-state index in [1.807, 2.05) is 9.80 Å². The van der Waals surface area contributed by atoms with Crippen molar-refractivity contribution in [2.24, 2.45) is 11.3 Å². The van der Waals surface area contributed by atoms with Crippen LogP contribution in [0.2, 0.25) is 0 Å². The fraction of sp³-hybridized carbons (Fsp3) is 0.684. The van der Waals surface area contributed by atoms with Crippen LogP contribution in [0.4, 0.5) is 0 Å².